The van der Waals surface area contributed by atoms with Crippen molar-refractivity contribution in [3.63, 3.8) is 0 Å². The molecule has 3 rings (SSSR count). The third-order valence-electron chi connectivity index (χ3n) is 4.46. The van der Waals surface area contributed by atoms with Crippen molar-refractivity contribution < 1.29 is 4.79 Å². The summed E-state index contributed by atoms with van der Waals surface area (Å²) < 4.78 is 0. The Hall–Kier alpha value is -3.24. The first-order chi connectivity index (χ1) is 12.7. The van der Waals surface area contributed by atoms with E-state index in [0.717, 1.165) is 48.3 Å². The van der Waals surface area contributed by atoms with Crippen molar-refractivity contribution in [2.45, 2.75) is 19.8 Å². The number of nitrogens with zero attached hydrogens (tertiary/aromatic N) is 2. The molecule has 0 saturated carbocycles. The average molecular weight is 343 g/mol. The quantitative estimate of drug-likeness (QED) is 0.867. The molecule has 2 aromatic rings. The van der Waals surface area contributed by atoms with Gasteiger partial charge in [-0.2, -0.15) is 5.26 Å². The predicted octanol–water partition coefficient (Wildman–Crippen LogP) is 3.57. The number of benzene rings is 2. The van der Waals surface area contributed by atoms with E-state index in [9.17, 15) is 4.79 Å². The molecule has 1 amide bonds. The second-order valence-corrected chi connectivity index (χ2v) is 6.38. The summed E-state index contributed by atoms with van der Waals surface area (Å²) in [5, 5.41) is 12.1. The minimum Gasteiger partial charge on any atom is -0.374 e. The van der Waals surface area contributed by atoms with Crippen LogP contribution in [0.2, 0.25) is 0 Å². The maximum absolute atomic E-state index is 12.5. The largest absolute Gasteiger partial charge is 0.374 e. The van der Waals surface area contributed by atoms with Gasteiger partial charge in [0.2, 0.25) is 0 Å². The Bertz CT molecular complexity index is 909. The second-order valence-electron chi connectivity index (χ2n) is 6.38. The lowest BCUT2D eigenvalue weighted by atomic mass is 10.0. The summed E-state index contributed by atoms with van der Waals surface area (Å²) in [4.78, 5) is 14.4. The first-order valence-electron chi connectivity index (χ1n) is 8.80. The highest BCUT2D eigenvalue weighted by Gasteiger charge is 2.20. The minimum atomic E-state index is 0.124. The van der Waals surface area contributed by atoms with Crippen molar-refractivity contribution in [3.05, 3.63) is 64.7 Å². The van der Waals surface area contributed by atoms with Crippen LogP contribution in [0.15, 0.2) is 42.5 Å². The second kappa shape index (κ2) is 8.23. The van der Waals surface area contributed by atoms with E-state index >= 15 is 0 Å². The van der Waals surface area contributed by atoms with Crippen molar-refractivity contribution >= 4 is 11.6 Å². The monoisotopic (exact) mass is 343 g/mol. The van der Waals surface area contributed by atoms with Gasteiger partial charge in [0.25, 0.3) is 5.91 Å². The fourth-order valence-electron chi connectivity index (χ4n) is 3.06. The van der Waals surface area contributed by atoms with Crippen LogP contribution < -0.4 is 5.32 Å². The van der Waals surface area contributed by atoms with Crippen LogP contribution in [0.1, 0.15) is 39.9 Å². The lowest BCUT2D eigenvalue weighted by Gasteiger charge is -2.16. The number of likely N-dealkylation sites (tertiary alicyclic amines) is 1. The fraction of sp³-hybridized carbons (Fsp3) is 0.273. The van der Waals surface area contributed by atoms with Crippen LogP contribution in [0.4, 0.5) is 5.69 Å². The number of carbonyl (C=O) groups excluding carboxylic acids is 1. The molecular formula is C22H21N3O. The maximum atomic E-state index is 12.5. The highest BCUT2D eigenvalue weighted by Crippen LogP contribution is 2.17. The zero-order valence-electron chi connectivity index (χ0n) is 14.9. The number of nitrogens with one attached hydrogen (secondary N) is 1. The molecule has 130 valence electrons. The molecule has 1 N–H and O–H groups in total. The standard InChI is InChI=1S/C22H21N3O/c1-17-14-18(9-10-21(17)22(26)25-12-2-3-13-25)7-5-11-24-20-8-4-6-19(15-20)16-23/h4,6,8-10,14-15,24H,2-3,11-13H2,1H3. The van der Waals surface area contributed by atoms with Crippen molar-refractivity contribution in [2.75, 3.05) is 25.0 Å². The van der Waals surface area contributed by atoms with Crippen LogP contribution in [0.3, 0.4) is 0 Å². The van der Waals surface area contributed by atoms with E-state index < -0.39 is 0 Å². The number of hydrogen-bond acceptors (Lipinski definition) is 3. The van der Waals surface area contributed by atoms with Gasteiger partial charge in [0, 0.05) is 29.9 Å². The minimum absolute atomic E-state index is 0.124. The Labute approximate surface area is 154 Å². The molecule has 4 nitrogen and oxygen atoms in total. The molecule has 26 heavy (non-hydrogen) atoms. The van der Waals surface area contributed by atoms with E-state index in [4.69, 9.17) is 5.26 Å². The molecule has 1 fully saturated rings. The molecule has 4 heteroatoms. The first-order valence-corrected chi connectivity index (χ1v) is 8.80. The molecule has 0 unspecified atom stereocenters. The van der Waals surface area contributed by atoms with Gasteiger partial charge in [0.1, 0.15) is 0 Å². The SMILES string of the molecule is Cc1cc(C#CCNc2cccc(C#N)c2)ccc1C(=O)N1CCCC1. The van der Waals surface area contributed by atoms with Gasteiger partial charge in [-0.3, -0.25) is 4.79 Å². The molecule has 0 atom stereocenters. The Morgan fingerprint density at radius 1 is 1.15 bits per heavy atom. The number of hydrogen-bond donors (Lipinski definition) is 1. The summed E-state index contributed by atoms with van der Waals surface area (Å²) in [6.45, 7) is 4.17. The fourth-order valence-corrected chi connectivity index (χ4v) is 3.06. The third kappa shape index (κ3) is 4.23. The number of rotatable bonds is 3. The first kappa shape index (κ1) is 17.6. The van der Waals surface area contributed by atoms with Crippen LogP contribution in [0.25, 0.3) is 0 Å². The Balaban J connectivity index is 1.62. The molecule has 1 aliphatic heterocycles. The number of carbonyl (C=O) groups is 1. The summed E-state index contributed by atoms with van der Waals surface area (Å²) in [5.41, 5.74) is 4.12. The van der Waals surface area contributed by atoms with E-state index in [1.165, 1.54) is 0 Å². The van der Waals surface area contributed by atoms with E-state index in [2.05, 4.69) is 23.2 Å². The maximum Gasteiger partial charge on any atom is 0.254 e. The van der Waals surface area contributed by atoms with Crippen molar-refractivity contribution in [3.8, 4) is 17.9 Å². The Morgan fingerprint density at radius 2 is 1.96 bits per heavy atom. The van der Waals surface area contributed by atoms with Gasteiger partial charge in [-0.05, 0) is 61.7 Å². The number of anilines is 1. The van der Waals surface area contributed by atoms with Gasteiger partial charge >= 0.3 is 0 Å². The summed E-state index contributed by atoms with van der Waals surface area (Å²) in [7, 11) is 0. The zero-order valence-corrected chi connectivity index (χ0v) is 14.9. The number of amides is 1. The Morgan fingerprint density at radius 3 is 2.69 bits per heavy atom. The smallest absolute Gasteiger partial charge is 0.254 e. The molecule has 1 saturated heterocycles. The molecule has 0 bridgehead atoms. The average Bonchev–Trinajstić information content (AvgIpc) is 3.20. The van der Waals surface area contributed by atoms with Crippen LogP contribution in [0.5, 0.6) is 0 Å². The van der Waals surface area contributed by atoms with Crippen LogP contribution in [-0.2, 0) is 0 Å². The lowest BCUT2D eigenvalue weighted by molar-refractivity contribution is 0.0792. The normalized spacial score (nSPS) is 12.8. The van der Waals surface area contributed by atoms with Gasteiger partial charge in [0.15, 0.2) is 0 Å². The molecule has 0 radical (unpaired) electrons. The van der Waals surface area contributed by atoms with Crippen molar-refractivity contribution in [1.82, 2.24) is 4.90 Å². The van der Waals surface area contributed by atoms with Crippen LogP contribution in [-0.4, -0.2) is 30.4 Å². The number of nitriles is 1. The highest BCUT2D eigenvalue weighted by molar-refractivity contribution is 5.96. The van der Waals surface area contributed by atoms with Gasteiger partial charge in [-0.25, -0.2) is 0 Å². The molecule has 0 aliphatic carbocycles. The lowest BCUT2D eigenvalue weighted by Crippen LogP contribution is -2.28. The van der Waals surface area contributed by atoms with Crippen molar-refractivity contribution in [2.24, 2.45) is 0 Å². The molecule has 1 aliphatic rings. The van der Waals surface area contributed by atoms with Gasteiger partial charge < -0.3 is 10.2 Å². The molecule has 0 spiro atoms. The summed E-state index contributed by atoms with van der Waals surface area (Å²) >= 11 is 0. The molecule has 1 heterocycles. The number of aryl methyl sites for hydroxylation is 1. The Kier molecular flexibility index (Phi) is 5.56. The predicted molar refractivity (Wildman–Crippen MR) is 103 cm³/mol. The van der Waals surface area contributed by atoms with E-state index in [1.54, 1.807) is 12.1 Å². The molecule has 2 aromatic carbocycles. The highest BCUT2D eigenvalue weighted by atomic mass is 16.2. The summed E-state index contributed by atoms with van der Waals surface area (Å²) in [5.74, 6) is 6.32. The van der Waals surface area contributed by atoms with Gasteiger partial charge in [-0.15, -0.1) is 0 Å². The van der Waals surface area contributed by atoms with E-state index in [0.29, 0.717) is 12.1 Å². The molecular weight excluding hydrogens is 322 g/mol. The van der Waals surface area contributed by atoms with E-state index in [1.807, 2.05) is 42.2 Å². The van der Waals surface area contributed by atoms with Crippen LogP contribution >= 0.6 is 0 Å². The van der Waals surface area contributed by atoms with Crippen LogP contribution in [0, 0.1) is 30.1 Å². The summed E-state index contributed by atoms with van der Waals surface area (Å²) in [6.07, 6.45) is 2.19. The van der Waals surface area contributed by atoms with Gasteiger partial charge in [-0.1, -0.05) is 17.9 Å². The topological polar surface area (TPSA) is 56.1 Å². The zero-order chi connectivity index (χ0) is 18.4. The third-order valence-corrected chi connectivity index (χ3v) is 4.46. The summed E-state index contributed by atoms with van der Waals surface area (Å²) in [6, 6.07) is 15.2. The van der Waals surface area contributed by atoms with E-state index in [-0.39, 0.29) is 5.91 Å². The van der Waals surface area contributed by atoms with Gasteiger partial charge in [0.05, 0.1) is 18.2 Å². The molecule has 0 aromatic heterocycles. The van der Waals surface area contributed by atoms with Crippen molar-refractivity contribution in [1.29, 1.82) is 5.26 Å².